The highest BCUT2D eigenvalue weighted by Crippen LogP contribution is 2.30. The summed E-state index contributed by atoms with van der Waals surface area (Å²) in [6.07, 6.45) is 0.0893. The van der Waals surface area contributed by atoms with Crippen LogP contribution in [-0.4, -0.2) is 52.4 Å². The van der Waals surface area contributed by atoms with Crippen molar-refractivity contribution in [3.8, 4) is 5.75 Å². The first kappa shape index (κ1) is 27.5. The van der Waals surface area contributed by atoms with Crippen LogP contribution in [0, 0.1) is 17.6 Å². The molecule has 0 radical (unpaired) electrons. The maximum absolute atomic E-state index is 14.8. The largest absolute Gasteiger partial charge is 0.489 e. The summed E-state index contributed by atoms with van der Waals surface area (Å²) in [5.74, 6) is -2.70. The number of halogens is 3. The molecule has 10 heteroatoms. The summed E-state index contributed by atoms with van der Waals surface area (Å²) >= 11 is 5.81. The molecule has 1 heterocycles. The maximum Gasteiger partial charge on any atom is 0.305 e. The smallest absolute Gasteiger partial charge is 0.305 e. The van der Waals surface area contributed by atoms with E-state index in [-0.39, 0.29) is 67.5 Å². The Morgan fingerprint density at radius 3 is 2.39 bits per heavy atom. The van der Waals surface area contributed by atoms with Gasteiger partial charge in [0.05, 0.1) is 18.0 Å². The lowest BCUT2D eigenvalue weighted by molar-refractivity contribution is -0.140. The van der Waals surface area contributed by atoms with Crippen molar-refractivity contribution in [2.45, 2.75) is 45.7 Å². The monoisotopic (exact) mass is 522 g/mol. The average molecular weight is 523 g/mol. The third-order valence-corrected chi connectivity index (χ3v) is 6.15. The van der Waals surface area contributed by atoms with Crippen molar-refractivity contribution in [3.05, 3.63) is 64.2 Å². The maximum atomic E-state index is 14.8. The molecule has 1 saturated heterocycles. The topological polar surface area (TPSA) is 87.2 Å². The van der Waals surface area contributed by atoms with Crippen molar-refractivity contribution < 1.29 is 33.0 Å². The minimum Gasteiger partial charge on any atom is -0.489 e. The molecule has 194 valence electrons. The molecule has 1 unspecified atom stereocenters. The molecule has 1 fully saturated rings. The molecule has 1 N–H and O–H groups in total. The lowest BCUT2D eigenvalue weighted by Gasteiger charge is -2.33. The number of carboxylic acids is 1. The molecule has 2 aromatic carbocycles. The number of imide groups is 1. The van der Waals surface area contributed by atoms with E-state index in [1.165, 1.54) is 24.3 Å². The molecule has 1 aliphatic rings. The molecule has 0 bridgehead atoms. The molecule has 0 spiro atoms. The van der Waals surface area contributed by atoms with Crippen LogP contribution < -0.4 is 4.74 Å². The number of carbonyl (C=O) groups is 3. The Morgan fingerprint density at radius 1 is 1.11 bits per heavy atom. The van der Waals surface area contributed by atoms with E-state index in [1.807, 2.05) is 18.7 Å². The standard InChI is InChI=1S/C26H29ClF2N2O5/c1-16(2)14-30(22(13-26(34)35)18-4-5-19(27)20(28)12-18)15-17-3-6-23(21(29)11-17)36-10-9-31-24(32)7-8-25(31)33/h3-6,11-12,16,22H,7-10,13-15H2,1-2H3,(H,34,35). The van der Waals surface area contributed by atoms with Crippen molar-refractivity contribution in [1.82, 2.24) is 9.80 Å². The lowest BCUT2D eigenvalue weighted by atomic mass is 9.99. The van der Waals surface area contributed by atoms with Crippen molar-refractivity contribution in [3.63, 3.8) is 0 Å². The van der Waals surface area contributed by atoms with Gasteiger partial charge in [0, 0.05) is 32.0 Å². The van der Waals surface area contributed by atoms with Crippen LogP contribution in [0.15, 0.2) is 36.4 Å². The number of nitrogens with zero attached hydrogens (tertiary/aromatic N) is 2. The fraction of sp³-hybridized carbons (Fsp3) is 0.423. The number of rotatable bonds is 12. The van der Waals surface area contributed by atoms with Crippen LogP contribution in [0.4, 0.5) is 8.78 Å². The SMILES string of the molecule is CC(C)CN(Cc1ccc(OCCN2C(=O)CCC2=O)c(F)c1)C(CC(=O)O)c1ccc(Cl)c(F)c1. The Bertz CT molecular complexity index is 1110. The Morgan fingerprint density at radius 2 is 1.81 bits per heavy atom. The second kappa shape index (κ2) is 12.3. The Balaban J connectivity index is 1.75. The Labute approximate surface area is 213 Å². The summed E-state index contributed by atoms with van der Waals surface area (Å²) < 4.78 is 34.4. The van der Waals surface area contributed by atoms with Gasteiger partial charge in [0.15, 0.2) is 11.6 Å². The van der Waals surface area contributed by atoms with Gasteiger partial charge in [-0.2, -0.15) is 0 Å². The Kier molecular flexibility index (Phi) is 9.39. The van der Waals surface area contributed by atoms with Gasteiger partial charge >= 0.3 is 5.97 Å². The summed E-state index contributed by atoms with van der Waals surface area (Å²) in [4.78, 5) is 38.0. The quantitative estimate of drug-likeness (QED) is 0.402. The van der Waals surface area contributed by atoms with E-state index in [4.69, 9.17) is 16.3 Å². The lowest BCUT2D eigenvalue weighted by Crippen LogP contribution is -2.33. The summed E-state index contributed by atoms with van der Waals surface area (Å²) in [5, 5.41) is 9.47. The molecule has 7 nitrogen and oxygen atoms in total. The summed E-state index contributed by atoms with van der Waals surface area (Å²) in [7, 11) is 0. The Hall–Kier alpha value is -3.04. The predicted molar refractivity (Wildman–Crippen MR) is 130 cm³/mol. The van der Waals surface area contributed by atoms with Gasteiger partial charge in [-0.25, -0.2) is 8.78 Å². The molecule has 36 heavy (non-hydrogen) atoms. The number of carbonyl (C=O) groups excluding carboxylic acids is 2. The van der Waals surface area contributed by atoms with Gasteiger partial charge in [0.25, 0.3) is 0 Å². The van der Waals surface area contributed by atoms with Crippen LogP contribution in [0.1, 0.15) is 50.3 Å². The summed E-state index contributed by atoms with van der Waals surface area (Å²) in [6.45, 7) is 4.67. The second-order valence-corrected chi connectivity index (χ2v) is 9.57. The van der Waals surface area contributed by atoms with E-state index in [0.29, 0.717) is 17.7 Å². The highest BCUT2D eigenvalue weighted by Gasteiger charge is 2.29. The molecular weight excluding hydrogens is 494 g/mol. The first-order valence-corrected chi connectivity index (χ1v) is 12.1. The second-order valence-electron chi connectivity index (χ2n) is 9.16. The molecule has 0 aliphatic carbocycles. The van der Waals surface area contributed by atoms with E-state index >= 15 is 0 Å². The molecule has 1 aliphatic heterocycles. The molecule has 0 saturated carbocycles. The van der Waals surface area contributed by atoms with E-state index < -0.39 is 23.6 Å². The number of ether oxygens (including phenoxy) is 1. The van der Waals surface area contributed by atoms with Gasteiger partial charge in [0.2, 0.25) is 11.8 Å². The van der Waals surface area contributed by atoms with Crippen molar-refractivity contribution in [1.29, 1.82) is 0 Å². The van der Waals surface area contributed by atoms with Crippen LogP contribution >= 0.6 is 11.6 Å². The van der Waals surface area contributed by atoms with Crippen molar-refractivity contribution in [2.24, 2.45) is 5.92 Å². The van der Waals surface area contributed by atoms with Crippen LogP contribution in [0.2, 0.25) is 5.02 Å². The number of hydrogen-bond donors (Lipinski definition) is 1. The number of hydrogen-bond acceptors (Lipinski definition) is 5. The molecular formula is C26H29ClF2N2O5. The highest BCUT2D eigenvalue weighted by atomic mass is 35.5. The first-order valence-electron chi connectivity index (χ1n) is 11.7. The third-order valence-electron chi connectivity index (χ3n) is 5.85. The number of amides is 2. The minimum atomic E-state index is -1.05. The highest BCUT2D eigenvalue weighted by molar-refractivity contribution is 6.30. The van der Waals surface area contributed by atoms with Crippen LogP contribution in [0.3, 0.4) is 0 Å². The van der Waals surface area contributed by atoms with Crippen LogP contribution in [-0.2, 0) is 20.9 Å². The first-order chi connectivity index (χ1) is 17.0. The average Bonchev–Trinajstić information content (AvgIpc) is 3.12. The van der Waals surface area contributed by atoms with Gasteiger partial charge < -0.3 is 9.84 Å². The zero-order valence-corrected chi connectivity index (χ0v) is 20.9. The zero-order chi connectivity index (χ0) is 26.4. The van der Waals surface area contributed by atoms with Crippen molar-refractivity contribution >= 4 is 29.4 Å². The summed E-state index contributed by atoms with van der Waals surface area (Å²) in [6, 6.07) is 7.99. The molecule has 3 rings (SSSR count). The number of benzene rings is 2. The van der Waals surface area contributed by atoms with Crippen LogP contribution in [0.5, 0.6) is 5.75 Å². The van der Waals surface area contributed by atoms with Gasteiger partial charge in [-0.05, 0) is 41.3 Å². The van der Waals surface area contributed by atoms with Gasteiger partial charge in [0.1, 0.15) is 12.4 Å². The molecule has 2 amide bonds. The fourth-order valence-corrected chi connectivity index (χ4v) is 4.34. The van der Waals surface area contributed by atoms with E-state index in [1.54, 1.807) is 12.1 Å². The normalized spacial score (nSPS) is 14.7. The van der Waals surface area contributed by atoms with Gasteiger partial charge in [-0.15, -0.1) is 0 Å². The number of carboxylic acid groups (broad SMARTS) is 1. The van der Waals surface area contributed by atoms with Crippen LogP contribution in [0.25, 0.3) is 0 Å². The molecule has 1 atom stereocenters. The fourth-order valence-electron chi connectivity index (χ4n) is 4.23. The number of aliphatic carboxylic acids is 1. The zero-order valence-electron chi connectivity index (χ0n) is 20.2. The van der Waals surface area contributed by atoms with Gasteiger partial charge in [-0.3, -0.25) is 24.2 Å². The van der Waals surface area contributed by atoms with Crippen molar-refractivity contribution in [2.75, 3.05) is 19.7 Å². The van der Waals surface area contributed by atoms with Gasteiger partial charge in [-0.1, -0.05) is 37.6 Å². The third kappa shape index (κ3) is 7.24. The van der Waals surface area contributed by atoms with E-state index in [2.05, 4.69) is 0 Å². The van der Waals surface area contributed by atoms with E-state index in [9.17, 15) is 28.3 Å². The molecule has 0 aromatic heterocycles. The number of likely N-dealkylation sites (tertiary alicyclic amines) is 1. The molecule has 2 aromatic rings. The summed E-state index contributed by atoms with van der Waals surface area (Å²) in [5.41, 5.74) is 1.04. The van der Waals surface area contributed by atoms with E-state index in [0.717, 1.165) is 4.90 Å². The minimum absolute atomic E-state index is 0.0184. The predicted octanol–water partition coefficient (Wildman–Crippen LogP) is 4.82.